The number of aliphatic imine (C=N–C) groups is 1. The van der Waals surface area contributed by atoms with E-state index in [0.29, 0.717) is 26.2 Å². The van der Waals surface area contributed by atoms with Gasteiger partial charge in [0.05, 0.1) is 0 Å². The molecule has 0 bridgehead atoms. The first-order valence-corrected chi connectivity index (χ1v) is 10.5. The minimum atomic E-state index is -0.509. The number of imide groups is 1. The number of rotatable bonds is 8. The molecule has 0 N–H and O–H groups in total. The van der Waals surface area contributed by atoms with Crippen molar-refractivity contribution in [3.05, 3.63) is 47.8 Å². The van der Waals surface area contributed by atoms with Gasteiger partial charge in [-0.25, -0.2) is 9.79 Å². The third-order valence-corrected chi connectivity index (χ3v) is 5.84. The standard InChI is InChI=1S/C22H29N5O3/c1-4-30-14-8-12-25-16(2)15-27-18-19(23-21(25)27)24(3)22(29)26(20(18)28)13-11-17-9-6-5-7-10-17/h5-7,9-10,15,18-19H,4,8,11-14H2,1-3H3. The molecule has 1 aromatic carbocycles. The minimum Gasteiger partial charge on any atom is -0.382 e. The van der Waals surface area contributed by atoms with Crippen molar-refractivity contribution in [1.29, 1.82) is 0 Å². The summed E-state index contributed by atoms with van der Waals surface area (Å²) in [6, 6.07) is 9.11. The van der Waals surface area contributed by atoms with Gasteiger partial charge in [0.25, 0.3) is 5.91 Å². The summed E-state index contributed by atoms with van der Waals surface area (Å²) in [5, 5.41) is 0. The van der Waals surface area contributed by atoms with Crippen LogP contribution in [0.2, 0.25) is 0 Å². The van der Waals surface area contributed by atoms with E-state index >= 15 is 0 Å². The molecule has 0 aliphatic carbocycles. The van der Waals surface area contributed by atoms with Crippen molar-refractivity contribution in [2.24, 2.45) is 4.99 Å². The second kappa shape index (κ2) is 8.47. The molecule has 1 saturated heterocycles. The summed E-state index contributed by atoms with van der Waals surface area (Å²) in [5.41, 5.74) is 2.15. The number of carbonyl (C=O) groups is 2. The van der Waals surface area contributed by atoms with E-state index in [4.69, 9.17) is 9.73 Å². The highest BCUT2D eigenvalue weighted by Crippen LogP contribution is 2.34. The van der Waals surface area contributed by atoms with Gasteiger partial charge in [-0.15, -0.1) is 0 Å². The van der Waals surface area contributed by atoms with E-state index in [2.05, 4.69) is 4.90 Å². The van der Waals surface area contributed by atoms with Gasteiger partial charge in [0.2, 0.25) is 5.96 Å². The van der Waals surface area contributed by atoms with Crippen molar-refractivity contribution in [3.8, 4) is 0 Å². The summed E-state index contributed by atoms with van der Waals surface area (Å²) in [5.74, 6) is 0.565. The van der Waals surface area contributed by atoms with Gasteiger partial charge in [-0.2, -0.15) is 0 Å². The molecule has 2 atom stereocenters. The molecule has 8 heteroatoms. The van der Waals surface area contributed by atoms with Crippen molar-refractivity contribution in [2.45, 2.75) is 38.9 Å². The number of nitrogens with zero attached hydrogens (tertiary/aromatic N) is 5. The highest BCUT2D eigenvalue weighted by Gasteiger charge is 2.53. The third-order valence-electron chi connectivity index (χ3n) is 5.84. The number of fused-ring (bicyclic) bond motifs is 3. The van der Waals surface area contributed by atoms with Crippen LogP contribution in [0.1, 0.15) is 25.8 Å². The number of benzene rings is 1. The zero-order chi connectivity index (χ0) is 21.3. The number of hydrogen-bond acceptors (Lipinski definition) is 6. The highest BCUT2D eigenvalue weighted by atomic mass is 16.5. The largest absolute Gasteiger partial charge is 0.382 e. The lowest BCUT2D eigenvalue weighted by molar-refractivity contribution is -0.136. The van der Waals surface area contributed by atoms with Crippen molar-refractivity contribution in [1.82, 2.24) is 19.6 Å². The van der Waals surface area contributed by atoms with Crippen LogP contribution in [0.25, 0.3) is 0 Å². The predicted molar refractivity (Wildman–Crippen MR) is 113 cm³/mol. The van der Waals surface area contributed by atoms with Crippen LogP contribution in [-0.2, 0) is 16.0 Å². The summed E-state index contributed by atoms with van der Waals surface area (Å²) in [4.78, 5) is 38.0. The number of allylic oxidation sites excluding steroid dienone is 1. The van der Waals surface area contributed by atoms with Crippen LogP contribution >= 0.6 is 0 Å². The van der Waals surface area contributed by atoms with E-state index in [1.54, 1.807) is 11.9 Å². The number of urea groups is 1. The Morgan fingerprint density at radius 2 is 1.87 bits per heavy atom. The van der Waals surface area contributed by atoms with Crippen LogP contribution in [0.15, 0.2) is 47.2 Å². The number of carbonyl (C=O) groups excluding carboxylic acids is 2. The molecule has 8 nitrogen and oxygen atoms in total. The van der Waals surface area contributed by atoms with Gasteiger partial charge in [0.15, 0.2) is 12.2 Å². The number of ether oxygens (including phenoxy) is 1. The van der Waals surface area contributed by atoms with Gasteiger partial charge >= 0.3 is 6.03 Å². The van der Waals surface area contributed by atoms with Gasteiger partial charge < -0.3 is 19.4 Å². The Bertz CT molecular complexity index is 869. The Balaban J connectivity index is 1.49. The lowest BCUT2D eigenvalue weighted by Gasteiger charge is -2.40. The molecule has 0 aromatic heterocycles. The second-order valence-corrected chi connectivity index (χ2v) is 7.79. The van der Waals surface area contributed by atoms with E-state index in [1.807, 2.05) is 55.3 Å². The molecule has 3 amide bonds. The number of guanidine groups is 1. The lowest BCUT2D eigenvalue weighted by Crippen LogP contribution is -2.64. The molecule has 3 heterocycles. The van der Waals surface area contributed by atoms with Gasteiger partial charge in [-0.3, -0.25) is 9.69 Å². The molecule has 3 aliphatic heterocycles. The van der Waals surface area contributed by atoms with Gasteiger partial charge in [0.1, 0.15) is 0 Å². The van der Waals surface area contributed by atoms with E-state index in [0.717, 1.165) is 30.2 Å². The van der Waals surface area contributed by atoms with Gasteiger partial charge in [-0.1, -0.05) is 30.3 Å². The molecule has 3 aliphatic rings. The van der Waals surface area contributed by atoms with Crippen molar-refractivity contribution < 1.29 is 14.3 Å². The minimum absolute atomic E-state index is 0.182. The molecule has 0 saturated carbocycles. The van der Waals surface area contributed by atoms with Gasteiger partial charge in [-0.05, 0) is 32.3 Å². The number of hydrogen-bond donors (Lipinski definition) is 0. The fourth-order valence-corrected chi connectivity index (χ4v) is 4.24. The average Bonchev–Trinajstić information content (AvgIpc) is 3.25. The average molecular weight is 412 g/mol. The first kappa shape index (κ1) is 20.4. The maximum Gasteiger partial charge on any atom is 0.328 e. The molecule has 160 valence electrons. The van der Waals surface area contributed by atoms with Crippen molar-refractivity contribution in [2.75, 3.05) is 33.4 Å². The first-order chi connectivity index (χ1) is 14.5. The van der Waals surface area contributed by atoms with E-state index < -0.39 is 12.2 Å². The van der Waals surface area contributed by atoms with Crippen molar-refractivity contribution in [3.63, 3.8) is 0 Å². The van der Waals surface area contributed by atoms with Crippen LogP contribution in [0.3, 0.4) is 0 Å². The van der Waals surface area contributed by atoms with Crippen LogP contribution in [0.5, 0.6) is 0 Å². The van der Waals surface area contributed by atoms with Crippen molar-refractivity contribution >= 4 is 17.9 Å². The van der Waals surface area contributed by atoms with E-state index in [9.17, 15) is 9.59 Å². The summed E-state index contributed by atoms with van der Waals surface area (Å²) in [6.07, 6.45) is 2.98. The van der Waals surface area contributed by atoms with Crippen LogP contribution in [-0.4, -0.2) is 83.1 Å². The molecule has 1 aromatic rings. The summed E-state index contributed by atoms with van der Waals surface area (Å²) >= 11 is 0. The normalized spacial score (nSPS) is 23.0. The maximum atomic E-state index is 13.3. The molecular weight excluding hydrogens is 382 g/mol. The van der Waals surface area contributed by atoms with Crippen LogP contribution < -0.4 is 0 Å². The fourth-order valence-electron chi connectivity index (χ4n) is 4.24. The summed E-state index contributed by atoms with van der Waals surface area (Å²) in [6.45, 7) is 6.51. The van der Waals surface area contributed by atoms with Crippen LogP contribution in [0, 0.1) is 0 Å². The molecule has 2 unspecified atom stereocenters. The SMILES string of the molecule is CCOCCCN1C(C)=CN2C1=NC1C2C(=O)N(CCc2ccccc2)C(=O)N1C. The Hall–Kier alpha value is -2.87. The first-order valence-electron chi connectivity index (χ1n) is 10.5. The van der Waals surface area contributed by atoms with Gasteiger partial charge in [0, 0.05) is 45.2 Å². The summed E-state index contributed by atoms with van der Waals surface area (Å²) in [7, 11) is 1.73. The Morgan fingerprint density at radius 1 is 1.10 bits per heavy atom. The Kier molecular flexibility index (Phi) is 5.76. The zero-order valence-corrected chi connectivity index (χ0v) is 17.8. The molecule has 4 rings (SSSR count). The zero-order valence-electron chi connectivity index (χ0n) is 17.8. The van der Waals surface area contributed by atoms with E-state index in [1.165, 1.54) is 4.90 Å². The smallest absolute Gasteiger partial charge is 0.328 e. The fraction of sp³-hybridized carbons (Fsp3) is 0.500. The highest BCUT2D eigenvalue weighted by molar-refractivity contribution is 6.04. The Morgan fingerprint density at radius 3 is 2.60 bits per heavy atom. The Labute approximate surface area is 177 Å². The molecular formula is C22H29N5O3. The molecule has 0 radical (unpaired) electrons. The molecule has 1 fully saturated rings. The number of likely N-dealkylation sites (N-methyl/N-ethyl adjacent to an activating group) is 1. The second-order valence-electron chi connectivity index (χ2n) is 7.79. The van der Waals surface area contributed by atoms with E-state index in [-0.39, 0.29) is 11.9 Å². The molecule has 30 heavy (non-hydrogen) atoms. The third kappa shape index (κ3) is 3.56. The summed E-state index contributed by atoms with van der Waals surface area (Å²) < 4.78 is 5.45. The lowest BCUT2D eigenvalue weighted by atomic mass is 10.1. The number of amides is 3. The maximum absolute atomic E-state index is 13.3. The molecule has 0 spiro atoms. The topological polar surface area (TPSA) is 68.7 Å². The monoisotopic (exact) mass is 411 g/mol. The quantitative estimate of drug-likeness (QED) is 0.613. The van der Waals surface area contributed by atoms with Crippen LogP contribution in [0.4, 0.5) is 4.79 Å². The predicted octanol–water partition coefficient (Wildman–Crippen LogP) is 2.09.